The summed E-state index contributed by atoms with van der Waals surface area (Å²) in [6.07, 6.45) is 2.76. The van der Waals surface area contributed by atoms with Crippen LogP contribution < -0.4 is 0 Å². The van der Waals surface area contributed by atoms with E-state index in [2.05, 4.69) is 26.0 Å². The lowest BCUT2D eigenvalue weighted by Crippen LogP contribution is -2.36. The summed E-state index contributed by atoms with van der Waals surface area (Å²) in [4.78, 5) is 0. The largest absolute Gasteiger partial charge is 0.392 e. The van der Waals surface area contributed by atoms with Crippen molar-refractivity contribution in [3.05, 3.63) is 35.9 Å². The second-order valence-corrected chi connectivity index (χ2v) is 5.89. The second kappa shape index (κ2) is 5.85. The summed E-state index contributed by atoms with van der Waals surface area (Å²) in [6.45, 7) is 5.96. The molecule has 1 atom stereocenters. The highest BCUT2D eigenvalue weighted by Crippen LogP contribution is 2.32. The summed E-state index contributed by atoms with van der Waals surface area (Å²) in [6, 6.07) is 10.3. The fourth-order valence-corrected chi connectivity index (χ4v) is 2.65. The molecular weight excluding hydrogens is 224 g/mol. The van der Waals surface area contributed by atoms with Crippen molar-refractivity contribution < 1.29 is 9.84 Å². The standard InChI is InChI=1S/C16H24O2/c1-16(2,14-6-4-3-5-7-14)15(17)12-13-8-10-18-11-9-13/h3-7,13,15,17H,8-12H2,1-2H3. The first-order chi connectivity index (χ1) is 8.60. The third kappa shape index (κ3) is 3.12. The highest BCUT2D eigenvalue weighted by Gasteiger charge is 2.31. The van der Waals surface area contributed by atoms with Gasteiger partial charge in [-0.2, -0.15) is 0 Å². The molecule has 0 saturated carbocycles. The van der Waals surface area contributed by atoms with Crippen LogP contribution in [0.25, 0.3) is 0 Å². The van der Waals surface area contributed by atoms with E-state index in [-0.39, 0.29) is 11.5 Å². The number of aliphatic hydroxyl groups excluding tert-OH is 1. The molecule has 1 aromatic carbocycles. The zero-order chi connectivity index (χ0) is 13.0. The van der Waals surface area contributed by atoms with Crippen LogP contribution in [-0.2, 0) is 10.2 Å². The van der Waals surface area contributed by atoms with E-state index < -0.39 is 0 Å². The number of hydrogen-bond donors (Lipinski definition) is 1. The molecule has 1 N–H and O–H groups in total. The van der Waals surface area contributed by atoms with Gasteiger partial charge in [0.05, 0.1) is 6.10 Å². The van der Waals surface area contributed by atoms with Gasteiger partial charge in [-0.25, -0.2) is 0 Å². The maximum atomic E-state index is 10.5. The minimum Gasteiger partial charge on any atom is -0.392 e. The first-order valence-corrected chi connectivity index (χ1v) is 6.92. The van der Waals surface area contributed by atoms with E-state index in [1.54, 1.807) is 0 Å². The van der Waals surface area contributed by atoms with Crippen LogP contribution in [0.3, 0.4) is 0 Å². The van der Waals surface area contributed by atoms with Crippen LogP contribution in [0.1, 0.15) is 38.7 Å². The van der Waals surface area contributed by atoms with Crippen LogP contribution in [0.5, 0.6) is 0 Å². The molecule has 1 unspecified atom stereocenters. The smallest absolute Gasteiger partial charge is 0.0634 e. The van der Waals surface area contributed by atoms with E-state index in [1.807, 2.05) is 18.2 Å². The zero-order valence-corrected chi connectivity index (χ0v) is 11.4. The van der Waals surface area contributed by atoms with Gasteiger partial charge in [-0.15, -0.1) is 0 Å². The zero-order valence-electron chi connectivity index (χ0n) is 11.4. The van der Waals surface area contributed by atoms with E-state index in [4.69, 9.17) is 4.74 Å². The van der Waals surface area contributed by atoms with Crippen LogP contribution >= 0.6 is 0 Å². The fourth-order valence-electron chi connectivity index (χ4n) is 2.65. The molecule has 1 heterocycles. The van der Waals surface area contributed by atoms with Crippen molar-refractivity contribution >= 4 is 0 Å². The lowest BCUT2D eigenvalue weighted by atomic mass is 9.75. The molecule has 0 aromatic heterocycles. The van der Waals surface area contributed by atoms with E-state index >= 15 is 0 Å². The van der Waals surface area contributed by atoms with Crippen molar-refractivity contribution in [2.24, 2.45) is 5.92 Å². The molecule has 0 bridgehead atoms. The van der Waals surface area contributed by atoms with Gasteiger partial charge in [-0.1, -0.05) is 44.2 Å². The van der Waals surface area contributed by atoms with Gasteiger partial charge in [0.15, 0.2) is 0 Å². The highest BCUT2D eigenvalue weighted by atomic mass is 16.5. The molecule has 0 radical (unpaired) electrons. The van der Waals surface area contributed by atoms with Gasteiger partial charge in [-0.3, -0.25) is 0 Å². The Bertz CT molecular complexity index is 353. The Kier molecular flexibility index (Phi) is 4.41. The molecule has 1 aliphatic heterocycles. The summed E-state index contributed by atoms with van der Waals surface area (Å²) >= 11 is 0. The lowest BCUT2D eigenvalue weighted by molar-refractivity contribution is 0.0245. The van der Waals surface area contributed by atoms with Crippen molar-refractivity contribution in [3.63, 3.8) is 0 Å². The number of ether oxygens (including phenoxy) is 1. The van der Waals surface area contributed by atoms with Gasteiger partial charge in [0.25, 0.3) is 0 Å². The number of aliphatic hydroxyl groups is 1. The third-order valence-corrected chi connectivity index (χ3v) is 4.25. The van der Waals surface area contributed by atoms with Crippen LogP contribution in [0.2, 0.25) is 0 Å². The Labute approximate surface area is 110 Å². The number of hydrogen-bond acceptors (Lipinski definition) is 2. The van der Waals surface area contributed by atoms with E-state index in [0.29, 0.717) is 5.92 Å². The van der Waals surface area contributed by atoms with Gasteiger partial charge in [-0.05, 0) is 30.7 Å². The van der Waals surface area contributed by atoms with Gasteiger partial charge in [0.2, 0.25) is 0 Å². The third-order valence-electron chi connectivity index (χ3n) is 4.25. The molecule has 1 saturated heterocycles. The Balaban J connectivity index is 2.00. The maximum absolute atomic E-state index is 10.5. The summed E-state index contributed by atoms with van der Waals surface area (Å²) in [5.74, 6) is 0.608. The van der Waals surface area contributed by atoms with Gasteiger partial charge in [0.1, 0.15) is 0 Å². The Morgan fingerprint density at radius 1 is 1.22 bits per heavy atom. The lowest BCUT2D eigenvalue weighted by Gasteiger charge is -2.34. The molecule has 0 spiro atoms. The van der Waals surface area contributed by atoms with Crippen molar-refractivity contribution in [3.8, 4) is 0 Å². The van der Waals surface area contributed by atoms with E-state index in [0.717, 1.165) is 32.5 Å². The number of rotatable bonds is 4. The van der Waals surface area contributed by atoms with Crippen molar-refractivity contribution in [2.45, 2.75) is 44.6 Å². The average molecular weight is 248 g/mol. The van der Waals surface area contributed by atoms with Crippen molar-refractivity contribution in [2.75, 3.05) is 13.2 Å². The molecule has 0 amide bonds. The molecule has 2 heteroatoms. The molecule has 2 nitrogen and oxygen atoms in total. The summed E-state index contributed by atoms with van der Waals surface area (Å²) < 4.78 is 5.37. The monoisotopic (exact) mass is 248 g/mol. The Morgan fingerprint density at radius 2 is 1.83 bits per heavy atom. The first-order valence-electron chi connectivity index (χ1n) is 6.92. The quantitative estimate of drug-likeness (QED) is 0.887. The predicted molar refractivity (Wildman–Crippen MR) is 73.6 cm³/mol. The molecule has 1 fully saturated rings. The van der Waals surface area contributed by atoms with Gasteiger partial charge in [0, 0.05) is 18.6 Å². The van der Waals surface area contributed by atoms with Crippen LogP contribution in [0.4, 0.5) is 0 Å². The summed E-state index contributed by atoms with van der Waals surface area (Å²) in [7, 11) is 0. The molecule has 1 aromatic rings. The van der Waals surface area contributed by atoms with Crippen molar-refractivity contribution in [1.82, 2.24) is 0 Å². The van der Waals surface area contributed by atoms with Crippen molar-refractivity contribution in [1.29, 1.82) is 0 Å². The molecule has 100 valence electrons. The topological polar surface area (TPSA) is 29.5 Å². The normalized spacial score (nSPS) is 19.7. The molecular formula is C16H24O2. The maximum Gasteiger partial charge on any atom is 0.0634 e. The Morgan fingerprint density at radius 3 is 2.44 bits per heavy atom. The van der Waals surface area contributed by atoms with E-state index in [1.165, 1.54) is 5.56 Å². The van der Waals surface area contributed by atoms with Crippen LogP contribution in [-0.4, -0.2) is 24.4 Å². The van der Waals surface area contributed by atoms with Gasteiger partial charge >= 0.3 is 0 Å². The first kappa shape index (κ1) is 13.6. The minimum absolute atomic E-state index is 0.181. The number of benzene rings is 1. The Hall–Kier alpha value is -0.860. The highest BCUT2D eigenvalue weighted by molar-refractivity contribution is 5.25. The molecule has 1 aliphatic rings. The fraction of sp³-hybridized carbons (Fsp3) is 0.625. The van der Waals surface area contributed by atoms with Crippen LogP contribution in [0, 0.1) is 5.92 Å². The predicted octanol–water partition coefficient (Wildman–Crippen LogP) is 3.14. The second-order valence-electron chi connectivity index (χ2n) is 5.89. The average Bonchev–Trinajstić information content (AvgIpc) is 2.41. The molecule has 0 aliphatic carbocycles. The van der Waals surface area contributed by atoms with Gasteiger partial charge < -0.3 is 9.84 Å². The summed E-state index contributed by atoms with van der Waals surface area (Å²) in [5, 5.41) is 10.5. The van der Waals surface area contributed by atoms with Crippen LogP contribution in [0.15, 0.2) is 30.3 Å². The van der Waals surface area contributed by atoms with E-state index in [9.17, 15) is 5.11 Å². The minimum atomic E-state index is -0.289. The SMILES string of the molecule is CC(C)(c1ccccc1)C(O)CC1CCOCC1. The molecule has 2 rings (SSSR count). The molecule has 18 heavy (non-hydrogen) atoms. The summed E-state index contributed by atoms with van der Waals surface area (Å²) in [5.41, 5.74) is 1.03.